The third-order valence-electron chi connectivity index (χ3n) is 14.2. The summed E-state index contributed by atoms with van der Waals surface area (Å²) in [7, 11) is 0. The lowest BCUT2D eigenvalue weighted by Crippen LogP contribution is -2.41. The van der Waals surface area contributed by atoms with E-state index in [1.807, 2.05) is 0 Å². The maximum Gasteiger partial charge on any atom is 0.0719 e. The molecule has 0 saturated heterocycles. The lowest BCUT2D eigenvalue weighted by molar-refractivity contribution is 0.565. The van der Waals surface area contributed by atoms with E-state index in [1.165, 1.54) is 89.0 Å². The molecule has 10 aromatic rings. The van der Waals surface area contributed by atoms with E-state index in [2.05, 4.69) is 267 Å². The van der Waals surface area contributed by atoms with Gasteiger partial charge in [-0.2, -0.15) is 0 Å². The summed E-state index contributed by atoms with van der Waals surface area (Å²) in [6.07, 6.45) is 0. The highest BCUT2D eigenvalue weighted by atomic mass is 15.1. The molecule has 2 aliphatic rings. The zero-order valence-corrected chi connectivity index (χ0v) is 36.6. The van der Waals surface area contributed by atoms with Gasteiger partial charge in [0.1, 0.15) is 0 Å². The van der Waals surface area contributed by atoms with Crippen LogP contribution in [0.25, 0.3) is 55.6 Å². The Morgan fingerprint density at radius 3 is 1.03 bits per heavy atom. The summed E-state index contributed by atoms with van der Waals surface area (Å²) in [5, 5.41) is 0. The summed E-state index contributed by atoms with van der Waals surface area (Å²) in [6, 6.07) is 91.7. The quantitative estimate of drug-likeness (QED) is 0.155. The van der Waals surface area contributed by atoms with Crippen LogP contribution in [0.5, 0.6) is 0 Å². The molecule has 0 saturated carbocycles. The van der Waals surface area contributed by atoms with Crippen molar-refractivity contribution >= 4 is 17.1 Å². The molecule has 0 aliphatic heterocycles. The smallest absolute Gasteiger partial charge is 0.0719 e. The summed E-state index contributed by atoms with van der Waals surface area (Å²) in [5.41, 5.74) is 23.2. The van der Waals surface area contributed by atoms with Gasteiger partial charge in [0.15, 0.2) is 0 Å². The fraction of sp³-hybridized carbons (Fsp3) is 0.0625. The predicted molar refractivity (Wildman–Crippen MR) is 272 cm³/mol. The average Bonchev–Trinajstić information content (AvgIpc) is 3.68. The van der Waals surface area contributed by atoms with Gasteiger partial charge in [0.25, 0.3) is 0 Å². The lowest BCUT2D eigenvalue weighted by Gasteiger charge is -2.47. The van der Waals surface area contributed by atoms with Crippen molar-refractivity contribution in [3.8, 4) is 55.6 Å². The molecule has 0 heterocycles. The first-order chi connectivity index (χ1) is 32.0. The Kier molecular flexibility index (Phi) is 9.14. The molecular formula is C64H47N. The molecule has 10 aromatic carbocycles. The fourth-order valence-electron chi connectivity index (χ4n) is 11.2. The number of benzene rings is 10. The highest BCUT2D eigenvalue weighted by Gasteiger charge is 2.53. The highest BCUT2D eigenvalue weighted by Crippen LogP contribution is 2.63. The summed E-state index contributed by atoms with van der Waals surface area (Å²) in [5.74, 6) is 0. The minimum absolute atomic E-state index is 0.255. The standard InChI is InChI=1S/C64H47N/c1-63(2)59-25-13-14-26-60(59)64(57-23-11-9-20-55(57)56-21-10-12-24-58(56)64)61-27-15-22-54(62(61)63)50-36-42-53(43-37-50)65(51-38-32-48(33-39-51)45-18-7-4-8-19-45)52-40-34-49(35-41-52)47-30-28-46(29-31-47)44-16-5-3-6-17-44/h3-43H,1-2H3. The van der Waals surface area contributed by atoms with Gasteiger partial charge >= 0.3 is 0 Å². The summed E-state index contributed by atoms with van der Waals surface area (Å²) < 4.78 is 0. The van der Waals surface area contributed by atoms with Crippen LogP contribution in [0.2, 0.25) is 0 Å². The Hall–Kier alpha value is -8.00. The van der Waals surface area contributed by atoms with E-state index in [1.54, 1.807) is 0 Å². The molecule has 0 N–H and O–H groups in total. The largest absolute Gasteiger partial charge is 0.311 e. The van der Waals surface area contributed by atoms with Crippen molar-refractivity contribution in [2.45, 2.75) is 24.7 Å². The molecule has 0 atom stereocenters. The number of nitrogens with zero attached hydrogens (tertiary/aromatic N) is 1. The molecule has 0 unspecified atom stereocenters. The van der Waals surface area contributed by atoms with Gasteiger partial charge in [-0.1, -0.05) is 226 Å². The van der Waals surface area contributed by atoms with E-state index in [-0.39, 0.29) is 5.41 Å². The van der Waals surface area contributed by atoms with Gasteiger partial charge in [0, 0.05) is 22.5 Å². The monoisotopic (exact) mass is 829 g/mol. The van der Waals surface area contributed by atoms with Crippen molar-refractivity contribution in [1.29, 1.82) is 0 Å². The van der Waals surface area contributed by atoms with E-state index < -0.39 is 5.41 Å². The van der Waals surface area contributed by atoms with E-state index in [0.29, 0.717) is 0 Å². The van der Waals surface area contributed by atoms with E-state index >= 15 is 0 Å². The maximum absolute atomic E-state index is 2.42. The number of anilines is 3. The molecule has 0 bridgehead atoms. The van der Waals surface area contributed by atoms with Crippen LogP contribution in [0.15, 0.2) is 249 Å². The minimum atomic E-state index is -0.427. The molecule has 12 rings (SSSR count). The topological polar surface area (TPSA) is 3.24 Å². The highest BCUT2D eigenvalue weighted by molar-refractivity contribution is 5.90. The van der Waals surface area contributed by atoms with Gasteiger partial charge in [-0.25, -0.2) is 0 Å². The third kappa shape index (κ3) is 6.15. The molecule has 0 radical (unpaired) electrons. The maximum atomic E-state index is 2.42. The van der Waals surface area contributed by atoms with Gasteiger partial charge in [0.05, 0.1) is 5.41 Å². The first-order valence-electron chi connectivity index (χ1n) is 22.8. The molecule has 1 spiro atoms. The van der Waals surface area contributed by atoms with Crippen LogP contribution in [0.3, 0.4) is 0 Å². The lowest BCUT2D eigenvalue weighted by atomic mass is 9.54. The van der Waals surface area contributed by atoms with Gasteiger partial charge in [-0.3, -0.25) is 0 Å². The van der Waals surface area contributed by atoms with Crippen LogP contribution in [0.4, 0.5) is 17.1 Å². The summed E-state index contributed by atoms with van der Waals surface area (Å²) >= 11 is 0. The molecule has 1 heteroatoms. The first-order valence-corrected chi connectivity index (χ1v) is 22.8. The Bertz CT molecular complexity index is 3300. The van der Waals surface area contributed by atoms with Gasteiger partial charge in [-0.15, -0.1) is 0 Å². The van der Waals surface area contributed by atoms with Crippen molar-refractivity contribution < 1.29 is 0 Å². The zero-order valence-electron chi connectivity index (χ0n) is 36.6. The average molecular weight is 830 g/mol. The molecule has 2 aliphatic carbocycles. The van der Waals surface area contributed by atoms with Crippen molar-refractivity contribution in [2.24, 2.45) is 0 Å². The Morgan fingerprint density at radius 2 is 0.569 bits per heavy atom. The molecular weight excluding hydrogens is 783 g/mol. The Balaban J connectivity index is 0.964. The predicted octanol–water partition coefficient (Wildman–Crippen LogP) is 16.8. The van der Waals surface area contributed by atoms with Crippen LogP contribution in [-0.4, -0.2) is 0 Å². The molecule has 1 nitrogen and oxygen atoms in total. The van der Waals surface area contributed by atoms with Crippen LogP contribution >= 0.6 is 0 Å². The third-order valence-corrected chi connectivity index (χ3v) is 14.2. The second kappa shape index (κ2) is 15.4. The molecule has 65 heavy (non-hydrogen) atoms. The van der Waals surface area contributed by atoms with Crippen molar-refractivity contribution in [2.75, 3.05) is 4.90 Å². The SMILES string of the molecule is CC1(C)c2ccccc2C2(c3ccccc3-c3ccccc32)c2cccc(-c3ccc(N(c4ccc(-c5ccccc5)cc4)c4ccc(-c5ccc(-c6ccccc6)cc5)cc4)cc3)c21. The minimum Gasteiger partial charge on any atom is -0.311 e. The van der Waals surface area contributed by atoms with Crippen molar-refractivity contribution in [3.63, 3.8) is 0 Å². The normalized spacial score (nSPS) is 13.6. The molecule has 0 aromatic heterocycles. The number of hydrogen-bond donors (Lipinski definition) is 0. The number of rotatable bonds is 7. The Labute approximate surface area is 382 Å². The van der Waals surface area contributed by atoms with Crippen LogP contribution < -0.4 is 4.90 Å². The van der Waals surface area contributed by atoms with Crippen LogP contribution in [-0.2, 0) is 10.8 Å². The number of fused-ring (bicyclic) bond motifs is 9. The van der Waals surface area contributed by atoms with E-state index in [0.717, 1.165) is 17.1 Å². The van der Waals surface area contributed by atoms with Crippen molar-refractivity contribution in [3.05, 3.63) is 282 Å². The zero-order chi connectivity index (χ0) is 43.5. The molecule has 308 valence electrons. The fourth-order valence-corrected chi connectivity index (χ4v) is 11.2. The van der Waals surface area contributed by atoms with Crippen LogP contribution in [0.1, 0.15) is 47.2 Å². The Morgan fingerprint density at radius 1 is 0.246 bits per heavy atom. The van der Waals surface area contributed by atoms with Gasteiger partial charge < -0.3 is 4.90 Å². The molecule has 0 amide bonds. The summed E-state index contributed by atoms with van der Waals surface area (Å²) in [4.78, 5) is 2.38. The second-order valence-electron chi connectivity index (χ2n) is 18.0. The number of hydrogen-bond acceptors (Lipinski definition) is 1. The second-order valence-corrected chi connectivity index (χ2v) is 18.0. The van der Waals surface area contributed by atoms with E-state index in [4.69, 9.17) is 0 Å². The first kappa shape index (κ1) is 38.7. The summed E-state index contributed by atoms with van der Waals surface area (Å²) in [6.45, 7) is 4.84. The van der Waals surface area contributed by atoms with Crippen molar-refractivity contribution in [1.82, 2.24) is 0 Å². The van der Waals surface area contributed by atoms with Gasteiger partial charge in [0.2, 0.25) is 0 Å². The van der Waals surface area contributed by atoms with E-state index in [9.17, 15) is 0 Å². The van der Waals surface area contributed by atoms with Gasteiger partial charge in [-0.05, 0) is 125 Å². The van der Waals surface area contributed by atoms with Crippen LogP contribution in [0, 0.1) is 0 Å². The molecule has 0 fully saturated rings.